The number of benzene rings is 3. The van der Waals surface area contributed by atoms with E-state index in [2.05, 4.69) is 4.72 Å². The van der Waals surface area contributed by atoms with E-state index < -0.39 is 10.0 Å². The molecule has 0 heterocycles. The fourth-order valence-electron chi connectivity index (χ4n) is 3.22. The highest BCUT2D eigenvalue weighted by Crippen LogP contribution is 2.28. The number of carbonyl (C=O) groups is 1. The third kappa shape index (κ3) is 5.45. The van der Waals surface area contributed by atoms with Crippen LogP contribution < -0.4 is 9.46 Å². The van der Waals surface area contributed by atoms with Crippen molar-refractivity contribution in [1.82, 2.24) is 4.90 Å². The lowest BCUT2D eigenvalue weighted by atomic mass is 10.1. The number of nitrogens with one attached hydrogen (secondary N) is 1. The normalized spacial score (nSPS) is 11.1. The maximum atomic E-state index is 13.5. The molecule has 8 heteroatoms. The van der Waals surface area contributed by atoms with Crippen LogP contribution in [0, 0.1) is 12.7 Å². The molecule has 0 aliphatic carbocycles. The number of carbonyl (C=O) groups excluding carboxylic acids is 1. The van der Waals surface area contributed by atoms with E-state index in [1.807, 2.05) is 6.92 Å². The predicted octanol–water partition coefficient (Wildman–Crippen LogP) is 4.61. The van der Waals surface area contributed by atoms with Gasteiger partial charge in [-0.15, -0.1) is 0 Å². The van der Waals surface area contributed by atoms with Crippen molar-refractivity contribution in [3.63, 3.8) is 0 Å². The minimum absolute atomic E-state index is 0.120. The van der Waals surface area contributed by atoms with Crippen molar-refractivity contribution in [2.75, 3.05) is 18.4 Å². The summed E-state index contributed by atoms with van der Waals surface area (Å²) in [7, 11) is -2.65. The van der Waals surface area contributed by atoms with Crippen LogP contribution in [0.25, 0.3) is 0 Å². The van der Waals surface area contributed by atoms with E-state index in [9.17, 15) is 17.6 Å². The molecule has 0 aliphatic heterocycles. The lowest BCUT2D eigenvalue weighted by Crippen LogP contribution is -2.30. The van der Waals surface area contributed by atoms with E-state index in [0.29, 0.717) is 17.8 Å². The van der Waals surface area contributed by atoms with Crippen molar-refractivity contribution in [2.45, 2.75) is 25.3 Å². The van der Waals surface area contributed by atoms with Gasteiger partial charge in [0.1, 0.15) is 16.5 Å². The summed E-state index contributed by atoms with van der Waals surface area (Å²) in [5, 5.41) is 0. The SMILES string of the molecule is CCN(Cc1cccc(F)c1)C(=O)c1ccc(OC)c(S(=O)(=O)Nc2ccc(C)cc2)c1. The van der Waals surface area contributed by atoms with E-state index >= 15 is 0 Å². The molecule has 3 rings (SSSR count). The van der Waals surface area contributed by atoms with Crippen LogP contribution in [0.2, 0.25) is 0 Å². The molecular formula is C24H25FN2O4S. The van der Waals surface area contributed by atoms with Gasteiger partial charge in [0, 0.05) is 24.3 Å². The van der Waals surface area contributed by atoms with Crippen LogP contribution in [0.4, 0.5) is 10.1 Å². The molecule has 0 saturated heterocycles. The Hall–Kier alpha value is -3.39. The van der Waals surface area contributed by atoms with Crippen molar-refractivity contribution >= 4 is 21.6 Å². The standard InChI is InChI=1S/C24H25FN2O4S/c1-4-27(16-18-6-5-7-20(25)14-18)24(28)19-10-13-22(31-3)23(15-19)32(29,30)26-21-11-8-17(2)9-12-21/h5-15,26H,4,16H2,1-3H3. The monoisotopic (exact) mass is 456 g/mol. The first-order chi connectivity index (χ1) is 15.2. The molecular weight excluding hydrogens is 431 g/mol. The summed E-state index contributed by atoms with van der Waals surface area (Å²) < 4.78 is 47.4. The molecule has 1 amide bonds. The molecule has 1 N–H and O–H groups in total. The highest BCUT2D eigenvalue weighted by atomic mass is 32.2. The molecule has 0 saturated carbocycles. The second-order valence-electron chi connectivity index (χ2n) is 7.29. The Morgan fingerprint density at radius 2 is 1.78 bits per heavy atom. The maximum absolute atomic E-state index is 13.5. The molecule has 0 radical (unpaired) electrons. The Morgan fingerprint density at radius 1 is 1.06 bits per heavy atom. The fourth-order valence-corrected chi connectivity index (χ4v) is 4.47. The molecule has 168 valence electrons. The molecule has 32 heavy (non-hydrogen) atoms. The average molecular weight is 457 g/mol. The van der Waals surface area contributed by atoms with Gasteiger partial charge >= 0.3 is 0 Å². The first-order valence-electron chi connectivity index (χ1n) is 10.0. The van der Waals surface area contributed by atoms with Crippen molar-refractivity contribution in [1.29, 1.82) is 0 Å². The zero-order chi connectivity index (χ0) is 23.3. The minimum atomic E-state index is -4.02. The van der Waals surface area contributed by atoms with Crippen molar-refractivity contribution in [3.8, 4) is 5.75 Å². The van der Waals surface area contributed by atoms with Gasteiger partial charge in [-0.1, -0.05) is 29.8 Å². The zero-order valence-electron chi connectivity index (χ0n) is 18.1. The number of rotatable bonds is 8. The summed E-state index contributed by atoms with van der Waals surface area (Å²) >= 11 is 0. The minimum Gasteiger partial charge on any atom is -0.495 e. The van der Waals surface area contributed by atoms with Crippen molar-refractivity contribution < 1.29 is 22.3 Å². The summed E-state index contributed by atoms with van der Waals surface area (Å²) in [4.78, 5) is 14.5. The largest absolute Gasteiger partial charge is 0.495 e. The van der Waals surface area contributed by atoms with Gasteiger partial charge in [0.15, 0.2) is 0 Å². The van der Waals surface area contributed by atoms with Crippen LogP contribution >= 0.6 is 0 Å². The second kappa shape index (κ2) is 9.82. The number of ether oxygens (including phenoxy) is 1. The van der Waals surface area contributed by atoms with Gasteiger partial charge in [-0.25, -0.2) is 12.8 Å². The third-order valence-corrected chi connectivity index (χ3v) is 6.34. The summed E-state index contributed by atoms with van der Waals surface area (Å²) in [6.45, 7) is 4.27. The van der Waals surface area contributed by atoms with Crippen LogP contribution in [-0.2, 0) is 16.6 Å². The van der Waals surface area contributed by atoms with E-state index in [-0.39, 0.29) is 34.5 Å². The lowest BCUT2D eigenvalue weighted by Gasteiger charge is -2.22. The molecule has 0 fully saturated rings. The molecule has 3 aromatic carbocycles. The van der Waals surface area contributed by atoms with Crippen molar-refractivity contribution in [2.24, 2.45) is 0 Å². The first kappa shape index (κ1) is 23.3. The number of halogens is 1. The van der Waals surface area contributed by atoms with Gasteiger partial charge in [-0.2, -0.15) is 0 Å². The Kier molecular flexibility index (Phi) is 7.15. The number of anilines is 1. The fraction of sp³-hybridized carbons (Fsp3) is 0.208. The van der Waals surface area contributed by atoms with Gasteiger partial charge in [0.2, 0.25) is 0 Å². The summed E-state index contributed by atoms with van der Waals surface area (Å²) in [5.74, 6) is -0.633. The number of hydrogen-bond donors (Lipinski definition) is 1. The smallest absolute Gasteiger partial charge is 0.265 e. The number of nitrogens with zero attached hydrogens (tertiary/aromatic N) is 1. The van der Waals surface area contributed by atoms with Crippen molar-refractivity contribution in [3.05, 3.63) is 89.2 Å². The van der Waals surface area contributed by atoms with Gasteiger partial charge in [-0.3, -0.25) is 9.52 Å². The Balaban J connectivity index is 1.91. The summed E-state index contributed by atoms with van der Waals surface area (Å²) in [5.41, 5.74) is 2.22. The summed E-state index contributed by atoms with van der Waals surface area (Å²) in [6.07, 6.45) is 0. The molecule has 0 spiro atoms. The Bertz CT molecular complexity index is 1210. The number of amides is 1. The average Bonchev–Trinajstić information content (AvgIpc) is 2.78. The number of hydrogen-bond acceptors (Lipinski definition) is 4. The molecule has 6 nitrogen and oxygen atoms in total. The van der Waals surface area contributed by atoms with Gasteiger partial charge in [-0.05, 0) is 61.9 Å². The quantitative estimate of drug-likeness (QED) is 0.537. The predicted molar refractivity (Wildman–Crippen MR) is 122 cm³/mol. The van der Waals surface area contributed by atoms with Crippen LogP contribution in [0.15, 0.2) is 71.6 Å². The zero-order valence-corrected chi connectivity index (χ0v) is 18.9. The Labute approximate surface area is 187 Å². The summed E-state index contributed by atoms with van der Waals surface area (Å²) in [6, 6.07) is 17.2. The Morgan fingerprint density at radius 3 is 2.41 bits per heavy atom. The topological polar surface area (TPSA) is 75.7 Å². The van der Waals surface area contributed by atoms with Crippen LogP contribution in [0.3, 0.4) is 0 Å². The number of sulfonamides is 1. The molecule has 0 aliphatic rings. The van der Waals surface area contributed by atoms with Gasteiger partial charge in [0.05, 0.1) is 7.11 Å². The van der Waals surface area contributed by atoms with Crippen LogP contribution in [0.5, 0.6) is 5.75 Å². The molecule has 3 aromatic rings. The highest BCUT2D eigenvalue weighted by molar-refractivity contribution is 7.92. The van der Waals surface area contributed by atoms with E-state index in [1.165, 1.54) is 42.3 Å². The first-order valence-corrected chi connectivity index (χ1v) is 11.5. The second-order valence-corrected chi connectivity index (χ2v) is 8.94. The molecule has 0 bridgehead atoms. The van der Waals surface area contributed by atoms with Crippen LogP contribution in [0.1, 0.15) is 28.4 Å². The number of aryl methyl sites for hydroxylation is 1. The number of methoxy groups -OCH3 is 1. The van der Waals surface area contributed by atoms with Gasteiger partial charge in [0.25, 0.3) is 15.9 Å². The maximum Gasteiger partial charge on any atom is 0.265 e. The molecule has 0 aromatic heterocycles. The van der Waals surface area contributed by atoms with Gasteiger partial charge < -0.3 is 9.64 Å². The van der Waals surface area contributed by atoms with E-state index in [4.69, 9.17) is 4.74 Å². The van der Waals surface area contributed by atoms with Crippen LogP contribution in [-0.4, -0.2) is 32.9 Å². The van der Waals surface area contributed by atoms with E-state index in [0.717, 1.165) is 5.56 Å². The molecule has 0 atom stereocenters. The highest BCUT2D eigenvalue weighted by Gasteiger charge is 2.24. The van der Waals surface area contributed by atoms with E-state index in [1.54, 1.807) is 43.3 Å². The lowest BCUT2D eigenvalue weighted by molar-refractivity contribution is 0.0752. The third-order valence-electron chi connectivity index (χ3n) is 4.94. The molecule has 0 unspecified atom stereocenters.